The molecule has 3 aromatic carbocycles. The summed E-state index contributed by atoms with van der Waals surface area (Å²) >= 11 is 1.49. The standard InChI is InChI=1S/C22H17N3OS/c1-27-22-9-8-16(11-21(22)26)18-10-15(6-7-17(18)12-23)13-25-14-24-19-4-2-3-5-20(19)25/h2-11,14,26H,13H2,1H3. The maximum atomic E-state index is 10.2. The van der Waals surface area contributed by atoms with Gasteiger partial charge in [-0.05, 0) is 59.3 Å². The van der Waals surface area contributed by atoms with E-state index in [1.165, 1.54) is 11.8 Å². The first-order valence-corrected chi connectivity index (χ1v) is 9.72. The molecule has 5 heteroatoms. The van der Waals surface area contributed by atoms with Crippen LogP contribution in [0.15, 0.2) is 71.9 Å². The molecule has 27 heavy (non-hydrogen) atoms. The molecule has 0 atom stereocenters. The molecule has 0 spiro atoms. The summed E-state index contributed by atoms with van der Waals surface area (Å²) < 4.78 is 2.09. The lowest BCUT2D eigenvalue weighted by Crippen LogP contribution is -1.99. The second-order valence-electron chi connectivity index (χ2n) is 6.24. The van der Waals surface area contributed by atoms with E-state index in [9.17, 15) is 10.4 Å². The Morgan fingerprint density at radius 3 is 2.74 bits per heavy atom. The monoisotopic (exact) mass is 371 g/mol. The number of thioether (sulfide) groups is 1. The predicted octanol–water partition coefficient (Wildman–Crippen LogP) is 5.05. The Morgan fingerprint density at radius 2 is 1.96 bits per heavy atom. The molecule has 0 amide bonds. The van der Waals surface area contributed by atoms with Gasteiger partial charge in [-0.1, -0.05) is 24.3 Å². The molecule has 1 N–H and O–H groups in total. The maximum Gasteiger partial charge on any atom is 0.129 e. The number of para-hydroxylation sites is 2. The molecule has 0 saturated heterocycles. The normalized spacial score (nSPS) is 10.8. The van der Waals surface area contributed by atoms with Crippen LogP contribution in [0.2, 0.25) is 0 Å². The lowest BCUT2D eigenvalue weighted by atomic mass is 9.97. The van der Waals surface area contributed by atoms with E-state index in [1.807, 2.05) is 67.2 Å². The van der Waals surface area contributed by atoms with Gasteiger partial charge >= 0.3 is 0 Å². The fourth-order valence-electron chi connectivity index (χ4n) is 3.22. The van der Waals surface area contributed by atoms with Crippen LogP contribution in [0.3, 0.4) is 0 Å². The second kappa shape index (κ2) is 7.18. The molecule has 0 aliphatic carbocycles. The molecular weight excluding hydrogens is 354 g/mol. The van der Waals surface area contributed by atoms with E-state index in [0.717, 1.165) is 32.6 Å². The summed E-state index contributed by atoms with van der Waals surface area (Å²) in [5, 5.41) is 19.7. The fraction of sp³-hybridized carbons (Fsp3) is 0.0909. The zero-order chi connectivity index (χ0) is 18.8. The summed E-state index contributed by atoms with van der Waals surface area (Å²) in [6, 6.07) is 21.6. The van der Waals surface area contributed by atoms with Gasteiger partial charge in [0.05, 0.1) is 29.0 Å². The third-order valence-corrected chi connectivity index (χ3v) is 5.36. The van der Waals surface area contributed by atoms with E-state index in [4.69, 9.17) is 0 Å². The van der Waals surface area contributed by atoms with Crippen molar-refractivity contribution in [2.45, 2.75) is 11.4 Å². The number of rotatable bonds is 4. The molecular formula is C22H17N3OS. The van der Waals surface area contributed by atoms with Gasteiger partial charge < -0.3 is 9.67 Å². The van der Waals surface area contributed by atoms with Crippen LogP contribution < -0.4 is 0 Å². The Bertz CT molecular complexity index is 1170. The van der Waals surface area contributed by atoms with Gasteiger partial charge in [0.25, 0.3) is 0 Å². The molecule has 0 aliphatic heterocycles. The van der Waals surface area contributed by atoms with Crippen molar-refractivity contribution >= 4 is 22.8 Å². The van der Waals surface area contributed by atoms with Gasteiger partial charge in [-0.2, -0.15) is 5.26 Å². The Morgan fingerprint density at radius 1 is 1.11 bits per heavy atom. The zero-order valence-corrected chi connectivity index (χ0v) is 15.6. The topological polar surface area (TPSA) is 61.8 Å². The SMILES string of the molecule is CSc1ccc(-c2cc(Cn3cnc4ccccc43)ccc2C#N)cc1O. The number of aromatic nitrogens is 2. The van der Waals surface area contributed by atoms with Gasteiger partial charge in [-0.3, -0.25) is 0 Å². The highest BCUT2D eigenvalue weighted by atomic mass is 32.2. The van der Waals surface area contributed by atoms with Crippen molar-refractivity contribution in [2.75, 3.05) is 6.26 Å². The molecule has 0 radical (unpaired) electrons. The fourth-order valence-corrected chi connectivity index (χ4v) is 3.69. The third-order valence-electron chi connectivity index (χ3n) is 4.57. The van der Waals surface area contributed by atoms with Crippen LogP contribution in [0, 0.1) is 11.3 Å². The Kier molecular flexibility index (Phi) is 4.57. The van der Waals surface area contributed by atoms with Crippen molar-refractivity contribution < 1.29 is 5.11 Å². The molecule has 0 fully saturated rings. The van der Waals surface area contributed by atoms with E-state index < -0.39 is 0 Å². The van der Waals surface area contributed by atoms with E-state index in [-0.39, 0.29) is 5.75 Å². The van der Waals surface area contributed by atoms with Crippen LogP contribution in [-0.2, 0) is 6.54 Å². The summed E-state index contributed by atoms with van der Waals surface area (Å²) in [5.41, 5.74) is 5.35. The molecule has 4 aromatic rings. The van der Waals surface area contributed by atoms with Crippen molar-refractivity contribution in [1.29, 1.82) is 5.26 Å². The number of phenols is 1. The van der Waals surface area contributed by atoms with Gasteiger partial charge in [0.1, 0.15) is 5.75 Å². The van der Waals surface area contributed by atoms with Crippen LogP contribution in [0.4, 0.5) is 0 Å². The van der Waals surface area contributed by atoms with E-state index in [2.05, 4.69) is 15.6 Å². The number of nitrogens with zero attached hydrogens (tertiary/aromatic N) is 3. The number of fused-ring (bicyclic) bond motifs is 1. The van der Waals surface area contributed by atoms with Gasteiger partial charge in [0, 0.05) is 11.4 Å². The van der Waals surface area contributed by atoms with Crippen molar-refractivity contribution in [1.82, 2.24) is 9.55 Å². The Labute approximate surface area is 161 Å². The van der Waals surface area contributed by atoms with Crippen molar-refractivity contribution in [3.8, 4) is 22.9 Å². The Balaban J connectivity index is 1.75. The average Bonchev–Trinajstić information content (AvgIpc) is 3.11. The summed E-state index contributed by atoms with van der Waals surface area (Å²) in [7, 11) is 0. The van der Waals surface area contributed by atoms with Gasteiger partial charge in [0.2, 0.25) is 0 Å². The molecule has 4 rings (SSSR count). The number of phenolic OH excluding ortho intramolecular Hbond substituents is 1. The van der Waals surface area contributed by atoms with Crippen LogP contribution >= 0.6 is 11.8 Å². The average molecular weight is 371 g/mol. The highest BCUT2D eigenvalue weighted by Gasteiger charge is 2.10. The minimum Gasteiger partial charge on any atom is -0.507 e. The first-order chi connectivity index (χ1) is 13.2. The minimum atomic E-state index is 0.231. The maximum absolute atomic E-state index is 10.2. The van der Waals surface area contributed by atoms with E-state index >= 15 is 0 Å². The van der Waals surface area contributed by atoms with Crippen molar-refractivity contribution in [3.05, 3.63) is 78.1 Å². The highest BCUT2D eigenvalue weighted by molar-refractivity contribution is 7.98. The third kappa shape index (κ3) is 3.27. The largest absolute Gasteiger partial charge is 0.507 e. The molecule has 132 valence electrons. The van der Waals surface area contributed by atoms with Crippen LogP contribution in [0.1, 0.15) is 11.1 Å². The van der Waals surface area contributed by atoms with Gasteiger partial charge in [0.15, 0.2) is 0 Å². The predicted molar refractivity (Wildman–Crippen MR) is 109 cm³/mol. The summed E-state index contributed by atoms with van der Waals surface area (Å²) in [4.78, 5) is 5.25. The number of nitriles is 1. The molecule has 0 aliphatic rings. The lowest BCUT2D eigenvalue weighted by molar-refractivity contribution is 0.463. The lowest BCUT2D eigenvalue weighted by Gasteiger charge is -2.11. The smallest absolute Gasteiger partial charge is 0.129 e. The molecule has 0 saturated carbocycles. The summed E-state index contributed by atoms with van der Waals surface area (Å²) in [5.74, 6) is 0.231. The van der Waals surface area contributed by atoms with Gasteiger partial charge in [-0.15, -0.1) is 11.8 Å². The Hall–Kier alpha value is -3.23. The first kappa shape index (κ1) is 17.2. The van der Waals surface area contributed by atoms with E-state index in [0.29, 0.717) is 12.1 Å². The molecule has 0 bridgehead atoms. The molecule has 0 unspecified atom stereocenters. The molecule has 1 aromatic heterocycles. The highest BCUT2D eigenvalue weighted by Crippen LogP contribution is 2.33. The van der Waals surface area contributed by atoms with Crippen molar-refractivity contribution in [2.24, 2.45) is 0 Å². The van der Waals surface area contributed by atoms with Crippen LogP contribution in [-0.4, -0.2) is 20.9 Å². The number of benzene rings is 3. The number of imidazole rings is 1. The number of hydrogen-bond acceptors (Lipinski definition) is 4. The zero-order valence-electron chi connectivity index (χ0n) is 14.8. The quantitative estimate of drug-likeness (QED) is 0.510. The second-order valence-corrected chi connectivity index (χ2v) is 7.09. The minimum absolute atomic E-state index is 0.231. The summed E-state index contributed by atoms with van der Waals surface area (Å²) in [6.45, 7) is 0.661. The van der Waals surface area contributed by atoms with Crippen molar-refractivity contribution in [3.63, 3.8) is 0 Å². The summed E-state index contributed by atoms with van der Waals surface area (Å²) in [6.07, 6.45) is 3.76. The first-order valence-electron chi connectivity index (χ1n) is 8.50. The van der Waals surface area contributed by atoms with Gasteiger partial charge in [-0.25, -0.2) is 4.98 Å². The van der Waals surface area contributed by atoms with E-state index in [1.54, 1.807) is 6.07 Å². The molecule has 4 nitrogen and oxygen atoms in total. The van der Waals surface area contributed by atoms with Crippen LogP contribution in [0.25, 0.3) is 22.2 Å². The molecule has 1 heterocycles. The number of aromatic hydroxyl groups is 1. The van der Waals surface area contributed by atoms with Crippen LogP contribution in [0.5, 0.6) is 5.75 Å². The number of hydrogen-bond donors (Lipinski definition) is 1.